The number of aromatic nitrogens is 2. The Kier molecular flexibility index (Phi) is 8.19. The van der Waals surface area contributed by atoms with Gasteiger partial charge in [-0.05, 0) is 40.2 Å². The van der Waals surface area contributed by atoms with E-state index in [0.717, 1.165) is 11.5 Å². The Bertz CT molecular complexity index is 1160. The summed E-state index contributed by atoms with van der Waals surface area (Å²) in [4.78, 5) is 60.8. The van der Waals surface area contributed by atoms with E-state index < -0.39 is 52.1 Å². The predicted octanol–water partition coefficient (Wildman–Crippen LogP) is 1.13. The van der Waals surface area contributed by atoms with Gasteiger partial charge in [0.25, 0.3) is 11.8 Å². The summed E-state index contributed by atoms with van der Waals surface area (Å²) in [7, 11) is 0. The van der Waals surface area contributed by atoms with E-state index in [2.05, 4.69) is 19.8 Å². The number of esters is 1. The zero-order chi connectivity index (χ0) is 27.0. The van der Waals surface area contributed by atoms with Gasteiger partial charge in [0.15, 0.2) is 5.13 Å². The molecule has 2 amide bonds. The Morgan fingerprint density at radius 3 is 2.50 bits per heavy atom. The number of carbonyl (C=O) groups excluding carboxylic acids is 3. The molecule has 0 spiro atoms. The molecule has 2 atom stereocenters. The summed E-state index contributed by atoms with van der Waals surface area (Å²) in [6.07, 6.45) is 0. The number of carboxylic acids is 1. The summed E-state index contributed by atoms with van der Waals surface area (Å²) in [5.41, 5.74) is 3.46. The Hall–Kier alpha value is -2.47. The van der Waals surface area contributed by atoms with Gasteiger partial charge in [-0.2, -0.15) is 9.36 Å². The molecule has 0 saturated carbocycles. The number of hydrogen-bond acceptors (Lipinski definition) is 12. The van der Waals surface area contributed by atoms with Gasteiger partial charge in [0.05, 0.1) is 0 Å². The van der Waals surface area contributed by atoms with Gasteiger partial charge in [0, 0.05) is 21.7 Å². The smallest absolute Gasteiger partial charge is 0.353 e. The molecular weight excluding hydrogens is 627 g/mol. The molecule has 1 fully saturated rings. The molecule has 3 rings (SSSR count). The second kappa shape index (κ2) is 10.5. The van der Waals surface area contributed by atoms with Crippen LogP contribution >= 0.6 is 45.9 Å². The highest BCUT2D eigenvalue weighted by atomic mass is 127. The van der Waals surface area contributed by atoms with Gasteiger partial charge in [-0.15, -0.1) is 11.8 Å². The summed E-state index contributed by atoms with van der Waals surface area (Å²) in [5.74, 6) is -3.09. The maximum Gasteiger partial charge on any atom is 0.353 e. The average molecular weight is 652 g/mol. The van der Waals surface area contributed by atoms with E-state index in [4.69, 9.17) is 15.3 Å². The number of halogens is 1. The molecule has 13 nitrogen and oxygen atoms in total. The second-order valence-corrected chi connectivity index (χ2v) is 11.9. The Balaban J connectivity index is 1.82. The van der Waals surface area contributed by atoms with Crippen molar-refractivity contribution in [2.24, 2.45) is 5.16 Å². The number of β-lactam (4-membered cyclic amide) rings is 1. The number of anilines is 1. The quantitative estimate of drug-likeness (QED) is 0.0913. The molecule has 16 heteroatoms. The number of ether oxygens (including phenoxy) is 1. The fraction of sp³-hybridized carbons (Fsp3) is 0.550. The number of nitrogens with one attached hydrogen (secondary N) is 1. The van der Waals surface area contributed by atoms with Crippen LogP contribution in [0.1, 0.15) is 40.4 Å². The number of alkyl halides is 1. The van der Waals surface area contributed by atoms with E-state index in [1.165, 1.54) is 30.5 Å². The first kappa shape index (κ1) is 28.1. The lowest BCUT2D eigenvalue weighted by Gasteiger charge is -2.49. The number of hydrogen-bond donors (Lipinski definition) is 3. The van der Waals surface area contributed by atoms with Gasteiger partial charge in [0.1, 0.15) is 22.7 Å². The highest BCUT2D eigenvalue weighted by Gasteiger charge is 2.54. The molecule has 196 valence electrons. The van der Waals surface area contributed by atoms with Crippen molar-refractivity contribution in [1.82, 2.24) is 19.6 Å². The van der Waals surface area contributed by atoms with Crippen LogP contribution in [0.25, 0.3) is 0 Å². The van der Waals surface area contributed by atoms with E-state index >= 15 is 0 Å². The predicted molar refractivity (Wildman–Crippen MR) is 140 cm³/mol. The van der Waals surface area contributed by atoms with Crippen molar-refractivity contribution in [1.29, 1.82) is 0 Å². The third-order valence-electron chi connectivity index (χ3n) is 4.82. The lowest BCUT2D eigenvalue weighted by Crippen LogP contribution is -2.71. The van der Waals surface area contributed by atoms with Gasteiger partial charge in [-0.3, -0.25) is 14.5 Å². The number of amides is 2. The number of fused-ring (bicyclic) bond motifs is 1. The number of carboxylic acid groups (broad SMARTS) is 1. The number of carbonyl (C=O) groups is 4. The summed E-state index contributed by atoms with van der Waals surface area (Å²) >= 11 is 4.21. The summed E-state index contributed by atoms with van der Waals surface area (Å²) in [6, 6.07) is -1.01. The number of nitrogens with zero attached hydrogens (tertiary/aromatic N) is 4. The fourth-order valence-corrected chi connectivity index (χ4v) is 5.89. The van der Waals surface area contributed by atoms with Crippen LogP contribution in [-0.4, -0.2) is 81.6 Å². The Morgan fingerprint density at radius 1 is 1.31 bits per heavy atom. The first-order chi connectivity index (χ1) is 16.7. The molecule has 0 aliphatic carbocycles. The first-order valence-corrected chi connectivity index (χ1v) is 13.9. The minimum absolute atomic E-state index is 0.0612. The van der Waals surface area contributed by atoms with Gasteiger partial charge in [0.2, 0.25) is 17.1 Å². The van der Waals surface area contributed by atoms with E-state index in [1.54, 1.807) is 20.8 Å². The lowest BCUT2D eigenvalue weighted by molar-refractivity contribution is -0.179. The number of nitrogens with two attached hydrogens (primary N) is 1. The summed E-state index contributed by atoms with van der Waals surface area (Å²) < 4.78 is 9.77. The lowest BCUT2D eigenvalue weighted by atomic mass is 10.0. The minimum Gasteiger partial charge on any atom is -0.477 e. The third kappa shape index (κ3) is 5.91. The van der Waals surface area contributed by atoms with Crippen LogP contribution in [0.4, 0.5) is 5.13 Å². The maximum atomic E-state index is 13.2. The van der Waals surface area contributed by atoms with E-state index in [1.807, 2.05) is 22.6 Å². The molecule has 1 aromatic rings. The molecular formula is C20H25IN6O7S2. The molecule has 3 heterocycles. The molecule has 4 N–H and O–H groups in total. The van der Waals surface area contributed by atoms with Gasteiger partial charge >= 0.3 is 11.9 Å². The third-order valence-corrected chi connectivity index (χ3v) is 7.62. The van der Waals surface area contributed by atoms with E-state index in [-0.39, 0.29) is 16.7 Å². The summed E-state index contributed by atoms with van der Waals surface area (Å²) in [6.45, 7) is 7.92. The monoisotopic (exact) mass is 652 g/mol. The van der Waals surface area contributed by atoms with Crippen molar-refractivity contribution in [3.05, 3.63) is 17.1 Å². The highest BCUT2D eigenvalue weighted by molar-refractivity contribution is 14.1. The summed E-state index contributed by atoms with van der Waals surface area (Å²) in [5, 5.41) is 15.4. The molecule has 1 unspecified atom stereocenters. The maximum absolute atomic E-state index is 13.2. The Morgan fingerprint density at radius 2 is 1.97 bits per heavy atom. The van der Waals surface area contributed by atoms with Crippen LogP contribution < -0.4 is 11.1 Å². The number of aliphatic carboxylic acids is 1. The van der Waals surface area contributed by atoms with Crippen LogP contribution in [-0.2, 0) is 28.8 Å². The van der Waals surface area contributed by atoms with Crippen LogP contribution in [0.2, 0.25) is 0 Å². The first-order valence-electron chi connectivity index (χ1n) is 10.5. The number of nitrogen functional groups attached to an aromatic ring is 1. The number of thioether (sulfide) groups is 1. The molecule has 2 aliphatic rings. The van der Waals surface area contributed by atoms with Crippen LogP contribution in [0.5, 0.6) is 0 Å². The normalized spacial score (nSPS) is 20.4. The largest absolute Gasteiger partial charge is 0.477 e. The minimum atomic E-state index is -1.57. The molecule has 0 radical (unpaired) electrons. The van der Waals surface area contributed by atoms with Crippen molar-refractivity contribution >= 4 is 80.5 Å². The van der Waals surface area contributed by atoms with Crippen LogP contribution in [0.3, 0.4) is 0 Å². The fourth-order valence-electron chi connectivity index (χ4n) is 3.11. The van der Waals surface area contributed by atoms with Crippen molar-refractivity contribution in [3.8, 4) is 0 Å². The molecule has 0 aromatic carbocycles. The molecule has 1 saturated heterocycles. The molecule has 1 aromatic heterocycles. The topological polar surface area (TPSA) is 186 Å². The zero-order valence-corrected chi connectivity index (χ0v) is 23.8. The van der Waals surface area contributed by atoms with Crippen LogP contribution in [0.15, 0.2) is 16.4 Å². The molecule has 0 bridgehead atoms. The number of oxime groups is 1. The second-order valence-electron chi connectivity index (χ2n) is 9.25. The van der Waals surface area contributed by atoms with Crippen molar-refractivity contribution in [3.63, 3.8) is 0 Å². The Labute approximate surface area is 228 Å². The van der Waals surface area contributed by atoms with Gasteiger partial charge in [-0.25, -0.2) is 9.59 Å². The number of rotatable bonds is 8. The molecule has 36 heavy (non-hydrogen) atoms. The van der Waals surface area contributed by atoms with Crippen molar-refractivity contribution in [2.45, 2.75) is 57.2 Å². The van der Waals surface area contributed by atoms with Gasteiger partial charge in [-0.1, -0.05) is 27.7 Å². The van der Waals surface area contributed by atoms with Crippen LogP contribution in [0, 0.1) is 0 Å². The standard InChI is InChI=1S/C20H25IN6O7S2/c1-19(2,3)33-17(32)20(4,5)34-25-9(12-24-18(22)36-26-12)13(28)23-10-14(29)27-11(16(30)31)8(6-21)7-35-15(10)27/h10,15H,6-7H2,1-5H3,(H,23,28)(H,30,31)(H2,22,24,26)/t10?,15-/m0/s1. The SMILES string of the molecule is CC(C)(C)OC(=O)C(C)(C)ON=C(C(=O)NC1C(=O)N2C(C(=O)O)=C(CI)CS[C@@H]12)c1nsc(N)n1. The van der Waals surface area contributed by atoms with Gasteiger partial charge < -0.3 is 25.7 Å². The van der Waals surface area contributed by atoms with E-state index in [0.29, 0.717) is 15.8 Å². The van der Waals surface area contributed by atoms with Crippen molar-refractivity contribution < 1.29 is 33.9 Å². The average Bonchev–Trinajstić information content (AvgIpc) is 3.20. The van der Waals surface area contributed by atoms with E-state index in [9.17, 15) is 24.3 Å². The highest BCUT2D eigenvalue weighted by Crippen LogP contribution is 2.40. The van der Waals surface area contributed by atoms with Crippen molar-refractivity contribution in [2.75, 3.05) is 15.9 Å². The zero-order valence-electron chi connectivity index (χ0n) is 20.0. The molecule has 2 aliphatic heterocycles.